The summed E-state index contributed by atoms with van der Waals surface area (Å²) in [7, 11) is 0. The van der Waals surface area contributed by atoms with Crippen LogP contribution in [0, 0.1) is 0 Å². The minimum absolute atomic E-state index is 0.0370. The van der Waals surface area contributed by atoms with E-state index in [0.717, 1.165) is 29.3 Å². The van der Waals surface area contributed by atoms with Crippen LogP contribution in [0.1, 0.15) is 23.2 Å². The Balaban J connectivity index is 1.98. The standard InChI is InChI=1S/C12H12N2O/c15-12(14-8-5-6-8)10-7-13-11-4-2-1-3-9(10)11/h1-4,7-8,13H,5-6H2,(H,14,15). The summed E-state index contributed by atoms with van der Waals surface area (Å²) in [4.78, 5) is 14.9. The minimum Gasteiger partial charge on any atom is -0.360 e. The van der Waals surface area contributed by atoms with Gasteiger partial charge in [-0.1, -0.05) is 18.2 Å². The Labute approximate surface area is 87.5 Å². The quantitative estimate of drug-likeness (QED) is 0.765. The predicted molar refractivity (Wildman–Crippen MR) is 58.8 cm³/mol. The molecule has 15 heavy (non-hydrogen) atoms. The molecular weight excluding hydrogens is 188 g/mol. The monoisotopic (exact) mass is 200 g/mol. The lowest BCUT2D eigenvalue weighted by atomic mass is 10.1. The van der Waals surface area contributed by atoms with E-state index in [1.54, 1.807) is 6.20 Å². The molecule has 0 unspecified atom stereocenters. The van der Waals surface area contributed by atoms with Crippen molar-refractivity contribution in [2.45, 2.75) is 18.9 Å². The molecular formula is C12H12N2O. The van der Waals surface area contributed by atoms with Gasteiger partial charge in [0.15, 0.2) is 0 Å². The summed E-state index contributed by atoms with van der Waals surface area (Å²) < 4.78 is 0. The average Bonchev–Trinajstić information content (AvgIpc) is 2.96. The summed E-state index contributed by atoms with van der Waals surface area (Å²) in [5.74, 6) is 0.0370. The van der Waals surface area contributed by atoms with Crippen molar-refractivity contribution in [2.75, 3.05) is 0 Å². The molecule has 76 valence electrons. The van der Waals surface area contributed by atoms with Gasteiger partial charge in [0, 0.05) is 23.1 Å². The second-order valence-corrected chi connectivity index (χ2v) is 4.00. The van der Waals surface area contributed by atoms with Gasteiger partial charge in [-0.3, -0.25) is 4.79 Å². The third-order valence-electron chi connectivity index (χ3n) is 2.75. The molecule has 0 radical (unpaired) electrons. The molecule has 1 saturated carbocycles. The molecule has 0 atom stereocenters. The van der Waals surface area contributed by atoms with E-state index >= 15 is 0 Å². The molecule has 1 aromatic heterocycles. The van der Waals surface area contributed by atoms with E-state index in [9.17, 15) is 4.79 Å². The van der Waals surface area contributed by atoms with Crippen LogP contribution >= 0.6 is 0 Å². The Morgan fingerprint density at radius 1 is 1.33 bits per heavy atom. The molecule has 1 fully saturated rings. The number of aromatic nitrogens is 1. The molecule has 3 heteroatoms. The van der Waals surface area contributed by atoms with Gasteiger partial charge in [0.2, 0.25) is 0 Å². The number of hydrogen-bond donors (Lipinski definition) is 2. The lowest BCUT2D eigenvalue weighted by Gasteiger charge is -2.00. The van der Waals surface area contributed by atoms with Crippen molar-refractivity contribution in [3.8, 4) is 0 Å². The van der Waals surface area contributed by atoms with Gasteiger partial charge < -0.3 is 10.3 Å². The Morgan fingerprint density at radius 2 is 2.13 bits per heavy atom. The summed E-state index contributed by atoms with van der Waals surface area (Å²) in [5, 5.41) is 3.99. The smallest absolute Gasteiger partial charge is 0.253 e. The third kappa shape index (κ3) is 1.50. The Morgan fingerprint density at radius 3 is 2.93 bits per heavy atom. The van der Waals surface area contributed by atoms with Crippen molar-refractivity contribution in [3.63, 3.8) is 0 Å². The number of H-pyrrole nitrogens is 1. The van der Waals surface area contributed by atoms with E-state index in [-0.39, 0.29) is 5.91 Å². The molecule has 1 aliphatic rings. The topological polar surface area (TPSA) is 44.9 Å². The number of nitrogens with one attached hydrogen (secondary N) is 2. The van der Waals surface area contributed by atoms with Gasteiger partial charge in [-0.25, -0.2) is 0 Å². The van der Waals surface area contributed by atoms with E-state index in [0.29, 0.717) is 6.04 Å². The van der Waals surface area contributed by atoms with Gasteiger partial charge in [0.25, 0.3) is 5.91 Å². The zero-order valence-corrected chi connectivity index (χ0v) is 8.29. The molecule has 0 spiro atoms. The molecule has 1 aromatic carbocycles. The van der Waals surface area contributed by atoms with Crippen LogP contribution in [0.25, 0.3) is 10.9 Å². The number of benzene rings is 1. The van der Waals surface area contributed by atoms with E-state index in [2.05, 4.69) is 10.3 Å². The van der Waals surface area contributed by atoms with Crippen LogP contribution < -0.4 is 5.32 Å². The fraction of sp³-hybridized carbons (Fsp3) is 0.250. The number of fused-ring (bicyclic) bond motifs is 1. The van der Waals surface area contributed by atoms with E-state index < -0.39 is 0 Å². The molecule has 3 nitrogen and oxygen atoms in total. The number of amides is 1. The second kappa shape index (κ2) is 3.12. The first-order valence-corrected chi connectivity index (χ1v) is 5.21. The van der Waals surface area contributed by atoms with Crippen molar-refractivity contribution in [2.24, 2.45) is 0 Å². The first-order chi connectivity index (χ1) is 7.34. The summed E-state index contributed by atoms with van der Waals surface area (Å²) in [5.41, 5.74) is 1.76. The van der Waals surface area contributed by atoms with Gasteiger partial charge in [0.05, 0.1) is 5.56 Å². The van der Waals surface area contributed by atoms with Crippen LogP contribution in [0.3, 0.4) is 0 Å². The summed E-state index contributed by atoms with van der Waals surface area (Å²) in [6.07, 6.45) is 4.02. The number of para-hydroxylation sites is 1. The maximum absolute atomic E-state index is 11.8. The molecule has 2 N–H and O–H groups in total. The third-order valence-corrected chi connectivity index (χ3v) is 2.75. The molecule has 0 bridgehead atoms. The van der Waals surface area contributed by atoms with Crippen molar-refractivity contribution in [1.82, 2.24) is 10.3 Å². The lowest BCUT2D eigenvalue weighted by Crippen LogP contribution is -2.24. The van der Waals surface area contributed by atoms with Gasteiger partial charge in [0.1, 0.15) is 0 Å². The van der Waals surface area contributed by atoms with Crippen LogP contribution in [0.2, 0.25) is 0 Å². The van der Waals surface area contributed by atoms with Gasteiger partial charge in [-0.05, 0) is 18.9 Å². The minimum atomic E-state index is 0.0370. The Bertz CT molecular complexity index is 511. The number of carbonyl (C=O) groups excluding carboxylic acids is 1. The number of aromatic amines is 1. The fourth-order valence-corrected chi connectivity index (χ4v) is 1.75. The van der Waals surface area contributed by atoms with E-state index in [1.807, 2.05) is 24.3 Å². The number of hydrogen-bond acceptors (Lipinski definition) is 1. The number of rotatable bonds is 2. The molecule has 1 amide bonds. The molecule has 0 saturated heterocycles. The first-order valence-electron chi connectivity index (χ1n) is 5.21. The SMILES string of the molecule is O=C(NC1CC1)c1c[nH]c2ccccc12. The Kier molecular flexibility index (Phi) is 1.78. The highest BCUT2D eigenvalue weighted by atomic mass is 16.1. The largest absolute Gasteiger partial charge is 0.360 e. The molecule has 0 aliphatic heterocycles. The predicted octanol–water partition coefficient (Wildman–Crippen LogP) is 2.06. The normalized spacial score (nSPS) is 15.5. The Hall–Kier alpha value is -1.77. The zero-order chi connectivity index (χ0) is 10.3. The maximum atomic E-state index is 11.8. The highest BCUT2D eigenvalue weighted by Crippen LogP contribution is 2.22. The lowest BCUT2D eigenvalue weighted by molar-refractivity contribution is 0.0953. The van der Waals surface area contributed by atoms with Crippen molar-refractivity contribution in [3.05, 3.63) is 36.0 Å². The van der Waals surface area contributed by atoms with Gasteiger partial charge >= 0.3 is 0 Å². The molecule has 2 aromatic rings. The molecule has 1 heterocycles. The maximum Gasteiger partial charge on any atom is 0.253 e. The van der Waals surface area contributed by atoms with Gasteiger partial charge in [-0.15, -0.1) is 0 Å². The number of carbonyl (C=O) groups is 1. The van der Waals surface area contributed by atoms with Crippen LogP contribution in [0.15, 0.2) is 30.5 Å². The van der Waals surface area contributed by atoms with E-state index in [4.69, 9.17) is 0 Å². The molecule has 3 rings (SSSR count). The van der Waals surface area contributed by atoms with Crippen LogP contribution in [0.5, 0.6) is 0 Å². The fourth-order valence-electron chi connectivity index (χ4n) is 1.75. The van der Waals surface area contributed by atoms with Crippen molar-refractivity contribution in [1.29, 1.82) is 0 Å². The summed E-state index contributed by atoms with van der Waals surface area (Å²) in [6, 6.07) is 8.26. The van der Waals surface area contributed by atoms with Crippen molar-refractivity contribution < 1.29 is 4.79 Å². The van der Waals surface area contributed by atoms with Crippen LogP contribution in [-0.4, -0.2) is 16.9 Å². The van der Waals surface area contributed by atoms with E-state index in [1.165, 1.54) is 0 Å². The van der Waals surface area contributed by atoms with Crippen molar-refractivity contribution >= 4 is 16.8 Å². The summed E-state index contributed by atoms with van der Waals surface area (Å²) in [6.45, 7) is 0. The van der Waals surface area contributed by atoms with Gasteiger partial charge in [-0.2, -0.15) is 0 Å². The summed E-state index contributed by atoms with van der Waals surface area (Å²) >= 11 is 0. The molecule has 1 aliphatic carbocycles. The zero-order valence-electron chi connectivity index (χ0n) is 8.29. The van der Waals surface area contributed by atoms with Crippen LogP contribution in [0.4, 0.5) is 0 Å². The highest BCUT2D eigenvalue weighted by Gasteiger charge is 2.24. The average molecular weight is 200 g/mol. The van der Waals surface area contributed by atoms with Crippen LogP contribution in [-0.2, 0) is 0 Å². The first kappa shape index (κ1) is 8.53. The highest BCUT2D eigenvalue weighted by molar-refractivity contribution is 6.06. The second-order valence-electron chi connectivity index (χ2n) is 4.00.